The summed E-state index contributed by atoms with van der Waals surface area (Å²) in [7, 11) is 0. The summed E-state index contributed by atoms with van der Waals surface area (Å²) in [5.74, 6) is 1.21. The molecule has 1 aromatic carbocycles. The Morgan fingerprint density at radius 3 is 2.65 bits per heavy atom. The minimum Gasteiger partial charge on any atom is -0.453 e. The molecule has 2 aromatic heterocycles. The molecule has 0 saturated carbocycles. The van der Waals surface area contributed by atoms with Gasteiger partial charge in [0, 0.05) is 16.6 Å². The molecule has 3 rings (SSSR count). The third-order valence-electron chi connectivity index (χ3n) is 3.38. The van der Waals surface area contributed by atoms with Crippen LogP contribution in [0.4, 0.5) is 0 Å². The van der Waals surface area contributed by atoms with E-state index >= 15 is 0 Å². The minimum atomic E-state index is -0.0945. The van der Waals surface area contributed by atoms with E-state index in [4.69, 9.17) is 4.42 Å². The first kappa shape index (κ1) is 12.7. The molecule has 0 aliphatic heterocycles. The second-order valence-electron chi connectivity index (χ2n) is 5.22. The van der Waals surface area contributed by atoms with Gasteiger partial charge in [-0.1, -0.05) is 32.0 Å². The SMILES string of the molecule is Cc1nc(-c2cc3ccccc3o2)[nH]c(=O)c1C(C)C. The van der Waals surface area contributed by atoms with Crippen LogP contribution in [0.5, 0.6) is 0 Å². The van der Waals surface area contributed by atoms with Crippen molar-refractivity contribution in [2.45, 2.75) is 26.7 Å². The van der Waals surface area contributed by atoms with Crippen molar-refractivity contribution in [1.82, 2.24) is 9.97 Å². The van der Waals surface area contributed by atoms with Crippen molar-refractivity contribution < 1.29 is 4.42 Å². The van der Waals surface area contributed by atoms with Gasteiger partial charge in [0.15, 0.2) is 11.6 Å². The predicted octanol–water partition coefficient (Wildman–Crippen LogP) is 3.61. The average molecular weight is 268 g/mol. The monoisotopic (exact) mass is 268 g/mol. The third-order valence-corrected chi connectivity index (χ3v) is 3.38. The maximum absolute atomic E-state index is 12.2. The summed E-state index contributed by atoms with van der Waals surface area (Å²) in [6, 6.07) is 9.62. The number of H-pyrrole nitrogens is 1. The third kappa shape index (κ3) is 2.03. The maximum Gasteiger partial charge on any atom is 0.254 e. The highest BCUT2D eigenvalue weighted by atomic mass is 16.3. The van der Waals surface area contributed by atoms with Gasteiger partial charge in [-0.15, -0.1) is 0 Å². The van der Waals surface area contributed by atoms with Crippen molar-refractivity contribution in [2.24, 2.45) is 0 Å². The fourth-order valence-corrected chi connectivity index (χ4v) is 2.49. The van der Waals surface area contributed by atoms with Gasteiger partial charge in [0.05, 0.1) is 0 Å². The molecule has 0 bridgehead atoms. The molecular weight excluding hydrogens is 252 g/mol. The first-order valence-corrected chi connectivity index (χ1v) is 6.66. The summed E-state index contributed by atoms with van der Waals surface area (Å²) in [6.45, 7) is 5.83. The van der Waals surface area contributed by atoms with E-state index in [0.717, 1.165) is 22.2 Å². The van der Waals surface area contributed by atoms with Crippen LogP contribution < -0.4 is 5.56 Å². The number of nitrogens with zero attached hydrogens (tertiary/aromatic N) is 1. The van der Waals surface area contributed by atoms with Gasteiger partial charge in [-0.3, -0.25) is 4.79 Å². The molecule has 0 aliphatic carbocycles. The average Bonchev–Trinajstić information content (AvgIpc) is 2.81. The van der Waals surface area contributed by atoms with Crippen molar-refractivity contribution in [1.29, 1.82) is 0 Å². The number of aryl methyl sites for hydroxylation is 1. The Hall–Kier alpha value is -2.36. The van der Waals surface area contributed by atoms with E-state index < -0.39 is 0 Å². The number of rotatable bonds is 2. The van der Waals surface area contributed by atoms with Crippen LogP contribution in [0.1, 0.15) is 31.0 Å². The van der Waals surface area contributed by atoms with Gasteiger partial charge in [-0.05, 0) is 25.0 Å². The molecule has 0 radical (unpaired) electrons. The van der Waals surface area contributed by atoms with Gasteiger partial charge in [0.1, 0.15) is 5.58 Å². The molecule has 0 atom stereocenters. The van der Waals surface area contributed by atoms with E-state index in [1.807, 2.05) is 51.1 Å². The van der Waals surface area contributed by atoms with Gasteiger partial charge in [0.2, 0.25) is 0 Å². The summed E-state index contributed by atoms with van der Waals surface area (Å²) >= 11 is 0. The lowest BCUT2D eigenvalue weighted by Crippen LogP contribution is -2.18. The van der Waals surface area contributed by atoms with Crippen molar-refractivity contribution in [3.8, 4) is 11.6 Å². The van der Waals surface area contributed by atoms with Gasteiger partial charge >= 0.3 is 0 Å². The lowest BCUT2D eigenvalue weighted by molar-refractivity contribution is 0.623. The summed E-state index contributed by atoms with van der Waals surface area (Å²) in [6.07, 6.45) is 0. The van der Waals surface area contributed by atoms with Crippen LogP contribution in [0.2, 0.25) is 0 Å². The van der Waals surface area contributed by atoms with Crippen LogP contribution in [0.15, 0.2) is 39.5 Å². The number of aromatic nitrogens is 2. The van der Waals surface area contributed by atoms with Crippen molar-refractivity contribution in [2.75, 3.05) is 0 Å². The number of aromatic amines is 1. The maximum atomic E-state index is 12.2. The highest BCUT2D eigenvalue weighted by molar-refractivity contribution is 5.81. The summed E-state index contributed by atoms with van der Waals surface area (Å²) in [5.41, 5.74) is 2.17. The molecular formula is C16H16N2O2. The molecule has 0 amide bonds. The minimum absolute atomic E-state index is 0.0945. The second-order valence-corrected chi connectivity index (χ2v) is 5.22. The number of hydrogen-bond acceptors (Lipinski definition) is 3. The van der Waals surface area contributed by atoms with Crippen molar-refractivity contribution in [3.63, 3.8) is 0 Å². The lowest BCUT2D eigenvalue weighted by atomic mass is 10.0. The van der Waals surface area contributed by atoms with Crippen LogP contribution in [-0.2, 0) is 0 Å². The largest absolute Gasteiger partial charge is 0.453 e. The fourth-order valence-electron chi connectivity index (χ4n) is 2.49. The highest BCUT2D eigenvalue weighted by Gasteiger charge is 2.14. The van der Waals surface area contributed by atoms with Gasteiger partial charge in [-0.2, -0.15) is 0 Å². The Morgan fingerprint density at radius 2 is 2.00 bits per heavy atom. The zero-order valence-electron chi connectivity index (χ0n) is 11.7. The Bertz CT molecular complexity index is 795. The van der Waals surface area contributed by atoms with Gasteiger partial charge in [0.25, 0.3) is 5.56 Å². The zero-order chi connectivity index (χ0) is 14.3. The molecule has 0 aliphatic rings. The van der Waals surface area contributed by atoms with Crippen molar-refractivity contribution >= 4 is 11.0 Å². The molecule has 1 N–H and O–H groups in total. The Labute approximate surface area is 116 Å². The Balaban J connectivity index is 2.17. The van der Waals surface area contributed by atoms with E-state index in [2.05, 4.69) is 9.97 Å². The standard InChI is InChI=1S/C16H16N2O2/c1-9(2)14-10(3)17-15(18-16(14)19)13-8-11-6-4-5-7-12(11)20-13/h4-9H,1-3H3,(H,17,18,19). The molecule has 3 aromatic rings. The first-order valence-electron chi connectivity index (χ1n) is 6.66. The smallest absolute Gasteiger partial charge is 0.254 e. The van der Waals surface area contributed by atoms with E-state index in [1.165, 1.54) is 0 Å². The van der Waals surface area contributed by atoms with Gasteiger partial charge < -0.3 is 9.40 Å². The number of para-hydroxylation sites is 1. The summed E-state index contributed by atoms with van der Waals surface area (Å²) in [4.78, 5) is 19.4. The fraction of sp³-hybridized carbons (Fsp3) is 0.250. The van der Waals surface area contributed by atoms with Crippen LogP contribution >= 0.6 is 0 Å². The lowest BCUT2D eigenvalue weighted by Gasteiger charge is -2.08. The van der Waals surface area contributed by atoms with Crippen LogP contribution in [0, 0.1) is 6.92 Å². The second kappa shape index (κ2) is 4.63. The topological polar surface area (TPSA) is 58.9 Å². The normalized spacial score (nSPS) is 11.4. The van der Waals surface area contributed by atoms with Crippen LogP contribution in [0.25, 0.3) is 22.6 Å². The number of hydrogen-bond donors (Lipinski definition) is 1. The molecule has 0 fully saturated rings. The summed E-state index contributed by atoms with van der Waals surface area (Å²) < 4.78 is 5.73. The molecule has 20 heavy (non-hydrogen) atoms. The molecule has 0 spiro atoms. The van der Waals surface area contributed by atoms with Gasteiger partial charge in [-0.25, -0.2) is 4.98 Å². The Kier molecular flexibility index (Phi) is 2.93. The number of furan rings is 1. The quantitative estimate of drug-likeness (QED) is 0.772. The number of fused-ring (bicyclic) bond motifs is 1. The molecule has 4 nitrogen and oxygen atoms in total. The van der Waals surface area contributed by atoms with E-state index in [1.54, 1.807) is 0 Å². The van der Waals surface area contributed by atoms with E-state index in [-0.39, 0.29) is 11.5 Å². The van der Waals surface area contributed by atoms with E-state index in [9.17, 15) is 4.79 Å². The number of nitrogens with one attached hydrogen (secondary N) is 1. The number of benzene rings is 1. The molecule has 102 valence electrons. The van der Waals surface area contributed by atoms with Crippen molar-refractivity contribution in [3.05, 3.63) is 51.9 Å². The van der Waals surface area contributed by atoms with Crippen LogP contribution in [0.3, 0.4) is 0 Å². The predicted molar refractivity (Wildman–Crippen MR) is 78.9 cm³/mol. The van der Waals surface area contributed by atoms with E-state index in [0.29, 0.717) is 11.6 Å². The zero-order valence-corrected chi connectivity index (χ0v) is 11.7. The summed E-state index contributed by atoms with van der Waals surface area (Å²) in [5, 5.41) is 0.996. The molecule has 0 saturated heterocycles. The molecule has 4 heteroatoms. The molecule has 0 unspecified atom stereocenters. The first-order chi connectivity index (χ1) is 9.56. The van der Waals surface area contributed by atoms with Crippen LogP contribution in [-0.4, -0.2) is 9.97 Å². The molecule has 2 heterocycles. The highest BCUT2D eigenvalue weighted by Crippen LogP contribution is 2.25. The Morgan fingerprint density at radius 1 is 1.25 bits per heavy atom.